The summed E-state index contributed by atoms with van der Waals surface area (Å²) in [5.41, 5.74) is 0. The van der Waals surface area contributed by atoms with Crippen LogP contribution in [0.3, 0.4) is 0 Å². The highest BCUT2D eigenvalue weighted by molar-refractivity contribution is 7.73. The molecule has 0 heterocycles. The number of hydrogen-bond donors (Lipinski definition) is 1. The van der Waals surface area contributed by atoms with Crippen molar-refractivity contribution in [3.8, 4) is 0 Å². The molecule has 1 rings (SSSR count). The summed E-state index contributed by atoms with van der Waals surface area (Å²) in [7, 11) is 0. The van der Waals surface area contributed by atoms with E-state index in [-0.39, 0.29) is 0 Å². The molecule has 0 saturated carbocycles. The van der Waals surface area contributed by atoms with Crippen LogP contribution in [-0.2, 0) is 11.4 Å². The van der Waals surface area contributed by atoms with Gasteiger partial charge in [0.15, 0.2) is 0 Å². The zero-order valence-electron chi connectivity index (χ0n) is 5.74. The number of halogens is 2. The largest absolute Gasteiger partial charge is 0.750 e. The molecule has 1 unspecified atom stereocenters. The Bertz CT molecular complexity index is 224. The van der Waals surface area contributed by atoms with E-state index in [0.29, 0.717) is 0 Å². The molecule has 0 aliphatic carbocycles. The van der Waals surface area contributed by atoms with Crippen LogP contribution >= 0.6 is 0 Å². The van der Waals surface area contributed by atoms with Crippen molar-refractivity contribution in [1.82, 2.24) is 0 Å². The maximum Gasteiger partial charge on any atom is 0.123 e. The Kier molecular flexibility index (Phi) is 5.35. The third-order valence-electron chi connectivity index (χ3n) is 0.804. The van der Waals surface area contributed by atoms with E-state index in [2.05, 4.69) is 0 Å². The molecule has 0 fully saturated rings. The Labute approximate surface area is 70.1 Å². The average Bonchev–Trinajstić information content (AvgIpc) is 1.94. The summed E-state index contributed by atoms with van der Waals surface area (Å²) in [4.78, 5) is 0. The van der Waals surface area contributed by atoms with Gasteiger partial charge in [0.25, 0.3) is 0 Å². The molecule has 68 valence electrons. The Morgan fingerprint density at radius 2 is 1.33 bits per heavy atom. The van der Waals surface area contributed by atoms with Crippen LogP contribution in [0, 0.1) is 11.6 Å². The minimum Gasteiger partial charge on any atom is -0.750 e. The van der Waals surface area contributed by atoms with E-state index in [4.69, 9.17) is 13.3 Å². The van der Waals surface area contributed by atoms with Crippen molar-refractivity contribution in [2.24, 2.45) is 0 Å². The minimum atomic E-state index is -2.86. The molecule has 1 N–H and O–H groups in total. The summed E-state index contributed by atoms with van der Waals surface area (Å²) in [6.07, 6.45) is 0. The molecule has 0 radical (unpaired) electrons. The molecule has 6 heteroatoms. The molecular weight excluding hydrogens is 190 g/mol. The first-order valence-electron chi connectivity index (χ1n) is 2.72. The van der Waals surface area contributed by atoms with Crippen molar-refractivity contribution < 1.29 is 22.1 Å². The van der Waals surface area contributed by atoms with E-state index in [0.717, 1.165) is 24.3 Å². The quantitative estimate of drug-likeness (QED) is 0.635. The van der Waals surface area contributed by atoms with Gasteiger partial charge >= 0.3 is 0 Å². The van der Waals surface area contributed by atoms with E-state index >= 15 is 0 Å². The van der Waals surface area contributed by atoms with Crippen molar-refractivity contribution in [2.45, 2.75) is 0 Å². The van der Waals surface area contributed by atoms with Crippen LogP contribution in [0.25, 0.3) is 0 Å². The highest BCUT2D eigenvalue weighted by Crippen LogP contribution is 1.98. The van der Waals surface area contributed by atoms with Gasteiger partial charge < -0.3 is 9.11 Å². The van der Waals surface area contributed by atoms with Gasteiger partial charge in [-0.2, -0.15) is 0 Å². The predicted octanol–water partition coefficient (Wildman–Crippen LogP) is 1.30. The number of benzene rings is 1. The fourth-order valence-corrected chi connectivity index (χ4v) is 0.430. The molecule has 0 bridgehead atoms. The Morgan fingerprint density at radius 1 is 1.17 bits per heavy atom. The van der Waals surface area contributed by atoms with Crippen LogP contribution in [0.4, 0.5) is 8.78 Å². The van der Waals surface area contributed by atoms with E-state index in [9.17, 15) is 8.78 Å². The fourth-order valence-electron chi connectivity index (χ4n) is 0.430. The molecule has 1 atom stereocenters. The van der Waals surface area contributed by atoms with Crippen LogP contribution in [-0.4, -0.2) is 13.3 Å². The molecule has 0 aliphatic heterocycles. The van der Waals surface area contributed by atoms with Gasteiger partial charge in [-0.25, -0.2) is 13.0 Å². The van der Waals surface area contributed by atoms with Gasteiger partial charge in [-0.1, -0.05) is 0 Å². The van der Waals surface area contributed by atoms with Gasteiger partial charge in [0, 0.05) is 0 Å². The molecule has 1 aromatic carbocycles. The Balaban J connectivity index is 0.000000261. The molecule has 1 aromatic rings. The molecule has 0 aromatic heterocycles. The maximum absolute atomic E-state index is 11.9. The second-order valence-corrected chi connectivity index (χ2v) is 2.09. The lowest BCUT2D eigenvalue weighted by Gasteiger charge is -1.83. The van der Waals surface area contributed by atoms with Crippen molar-refractivity contribution in [1.29, 1.82) is 0 Å². The number of rotatable bonds is 0. The van der Waals surface area contributed by atoms with Gasteiger partial charge in [0.1, 0.15) is 11.6 Å². The van der Waals surface area contributed by atoms with E-state index < -0.39 is 23.0 Å². The molecule has 12 heavy (non-hydrogen) atoms. The van der Waals surface area contributed by atoms with E-state index in [1.807, 2.05) is 0 Å². The van der Waals surface area contributed by atoms with Gasteiger partial charge in [0.05, 0.1) is 11.4 Å². The van der Waals surface area contributed by atoms with Crippen LogP contribution in [0.1, 0.15) is 0 Å². The zero-order chi connectivity index (χ0) is 9.56. The topological polar surface area (TPSA) is 60.4 Å². The van der Waals surface area contributed by atoms with Gasteiger partial charge in [-0.05, 0) is 24.3 Å². The summed E-state index contributed by atoms with van der Waals surface area (Å²) in [5, 5.41) is 0. The highest BCUT2D eigenvalue weighted by Gasteiger charge is 1.86. The maximum atomic E-state index is 11.9. The van der Waals surface area contributed by atoms with Crippen molar-refractivity contribution >= 4 is 11.4 Å². The summed E-state index contributed by atoms with van der Waals surface area (Å²) in [6.45, 7) is 0. The summed E-state index contributed by atoms with van der Waals surface area (Å²) in [6, 6.07) is 4.31. The highest BCUT2D eigenvalue weighted by atomic mass is 32.2. The zero-order valence-corrected chi connectivity index (χ0v) is 6.55. The third-order valence-corrected chi connectivity index (χ3v) is 0.804. The van der Waals surface area contributed by atoms with E-state index in [1.165, 1.54) is 0 Å². The van der Waals surface area contributed by atoms with E-state index in [1.54, 1.807) is 0 Å². The summed E-state index contributed by atoms with van der Waals surface area (Å²) >= 11 is -2.86. The smallest absolute Gasteiger partial charge is 0.123 e. The second-order valence-electron chi connectivity index (χ2n) is 1.65. The first-order valence-corrected chi connectivity index (χ1v) is 3.75. The van der Waals surface area contributed by atoms with Crippen molar-refractivity contribution in [3.05, 3.63) is 35.9 Å². The molecule has 0 amide bonds. The van der Waals surface area contributed by atoms with Crippen molar-refractivity contribution in [3.63, 3.8) is 0 Å². The first-order chi connectivity index (χ1) is 5.52. The van der Waals surface area contributed by atoms with Gasteiger partial charge in [0.2, 0.25) is 0 Å². The standard InChI is InChI=1S/C6H4F2.H2O3S/c7-5-1-2-6(8)4-3-5;1-4(2)3/h1-4H;(H2,1,2,3)/p-1. The molecular formula is C6H5F2O3S-. The van der Waals surface area contributed by atoms with Gasteiger partial charge in [-0.15, -0.1) is 0 Å². The normalized spacial score (nSPS) is 11.3. The second kappa shape index (κ2) is 5.76. The fraction of sp³-hybridized carbons (Fsp3) is 0. The lowest BCUT2D eigenvalue weighted by atomic mass is 10.3. The lowest BCUT2D eigenvalue weighted by molar-refractivity contribution is 0.436. The van der Waals surface area contributed by atoms with Crippen LogP contribution in [0.15, 0.2) is 24.3 Å². The average molecular weight is 195 g/mol. The third kappa shape index (κ3) is 7.26. The molecule has 0 saturated heterocycles. The lowest BCUT2D eigenvalue weighted by Crippen LogP contribution is -1.75. The van der Waals surface area contributed by atoms with Crippen LogP contribution in [0.5, 0.6) is 0 Å². The van der Waals surface area contributed by atoms with Crippen molar-refractivity contribution in [2.75, 3.05) is 0 Å². The SMILES string of the molecule is Fc1ccc(F)cc1.O=S([O-])O. The molecule has 3 nitrogen and oxygen atoms in total. The van der Waals surface area contributed by atoms with Crippen LogP contribution in [0.2, 0.25) is 0 Å². The molecule has 0 aliphatic rings. The Morgan fingerprint density at radius 3 is 1.50 bits per heavy atom. The Hall–Kier alpha value is -0.850. The summed E-state index contributed by atoms with van der Waals surface area (Å²) in [5.74, 6) is -0.821. The number of hydrogen-bond acceptors (Lipinski definition) is 2. The minimum absolute atomic E-state index is 0.411. The summed E-state index contributed by atoms with van der Waals surface area (Å²) < 4.78 is 47.9. The molecule has 0 spiro atoms. The van der Waals surface area contributed by atoms with Gasteiger partial charge in [-0.3, -0.25) is 0 Å². The predicted molar refractivity (Wildman–Crippen MR) is 37.9 cm³/mol. The van der Waals surface area contributed by atoms with Crippen LogP contribution < -0.4 is 0 Å². The monoisotopic (exact) mass is 195 g/mol. The first kappa shape index (κ1) is 11.2.